The first-order valence-corrected chi connectivity index (χ1v) is 15.0. The van der Waals surface area contributed by atoms with Crippen LogP contribution in [0.1, 0.15) is 64.9 Å². The van der Waals surface area contributed by atoms with Gasteiger partial charge in [0.25, 0.3) is 0 Å². The molecule has 2 bridgehead atoms. The van der Waals surface area contributed by atoms with Crippen LogP contribution in [0.25, 0.3) is 11.1 Å². The number of carboxylic acid groups (broad SMARTS) is 1. The van der Waals surface area contributed by atoms with Crippen LogP contribution in [0.3, 0.4) is 0 Å². The zero-order chi connectivity index (χ0) is 28.8. The zero-order valence-corrected chi connectivity index (χ0v) is 24.4. The molecule has 8 heteroatoms. The Bertz CT molecular complexity index is 1210. The molecule has 1 fully saturated rings. The number of allylic oxidation sites excluding steroid dienone is 1. The van der Waals surface area contributed by atoms with Crippen molar-refractivity contribution in [2.24, 2.45) is 0 Å². The Balaban J connectivity index is 1.67. The predicted molar refractivity (Wildman–Crippen MR) is 159 cm³/mol. The van der Waals surface area contributed by atoms with Crippen LogP contribution in [0.4, 0.5) is 4.79 Å². The molecule has 2 N–H and O–H groups in total. The van der Waals surface area contributed by atoms with E-state index in [4.69, 9.17) is 4.74 Å². The second kappa shape index (κ2) is 12.9. The first-order valence-electron chi connectivity index (χ1n) is 14.1. The fourth-order valence-electron chi connectivity index (χ4n) is 5.41. The number of carboxylic acids is 1. The molecule has 0 spiro atoms. The van der Waals surface area contributed by atoms with Gasteiger partial charge in [-0.2, -0.15) is 0 Å². The van der Waals surface area contributed by atoms with Crippen LogP contribution in [0.15, 0.2) is 66.7 Å². The lowest BCUT2D eigenvalue weighted by Gasteiger charge is -2.31. The summed E-state index contributed by atoms with van der Waals surface area (Å²) < 4.78 is 4.84. The molecular weight excluding hydrogens is 524 g/mol. The highest BCUT2D eigenvalue weighted by atomic mass is 32.2. The van der Waals surface area contributed by atoms with E-state index in [2.05, 4.69) is 53.9 Å². The maximum Gasteiger partial charge on any atom is 0.408 e. The number of carbonyl (C=O) groups is 3. The zero-order valence-electron chi connectivity index (χ0n) is 23.6. The second-order valence-electron chi connectivity index (χ2n) is 11.6. The van der Waals surface area contributed by atoms with Gasteiger partial charge in [-0.15, -0.1) is 11.8 Å². The van der Waals surface area contributed by atoms with Gasteiger partial charge < -0.3 is 20.1 Å². The van der Waals surface area contributed by atoms with Crippen molar-refractivity contribution in [3.8, 4) is 11.1 Å². The van der Waals surface area contributed by atoms with Gasteiger partial charge in [0.05, 0.1) is 4.75 Å². The molecule has 2 amide bonds. The first-order chi connectivity index (χ1) is 19.1. The summed E-state index contributed by atoms with van der Waals surface area (Å²) in [6.45, 7) is 5.55. The number of fused-ring (bicyclic) bond motifs is 2. The number of alkyl carbamates (subject to hydrolysis) is 1. The van der Waals surface area contributed by atoms with Gasteiger partial charge in [-0.25, -0.2) is 9.59 Å². The van der Waals surface area contributed by atoms with Gasteiger partial charge in [0.2, 0.25) is 5.91 Å². The fourth-order valence-corrected chi connectivity index (χ4v) is 6.77. The first kappa shape index (κ1) is 29.7. The minimum atomic E-state index is -1.03. The highest BCUT2D eigenvalue weighted by Crippen LogP contribution is 2.48. The number of hydrogen-bond acceptors (Lipinski definition) is 5. The molecule has 0 saturated carbocycles. The summed E-state index contributed by atoms with van der Waals surface area (Å²) in [7, 11) is 0. The predicted octanol–water partition coefficient (Wildman–Crippen LogP) is 6.38. The maximum atomic E-state index is 14.0. The molecule has 214 valence electrons. The normalized spacial score (nSPS) is 25.1. The molecule has 0 unspecified atom stereocenters. The topological polar surface area (TPSA) is 95.9 Å². The quantitative estimate of drug-likeness (QED) is 0.419. The Hall–Kier alpha value is -3.26. The molecule has 2 aromatic rings. The van der Waals surface area contributed by atoms with Gasteiger partial charge in [0, 0.05) is 12.3 Å². The van der Waals surface area contributed by atoms with Gasteiger partial charge in [-0.3, -0.25) is 4.79 Å². The summed E-state index contributed by atoms with van der Waals surface area (Å²) in [6, 6.07) is 16.5. The van der Waals surface area contributed by atoms with Gasteiger partial charge >= 0.3 is 12.1 Å². The standard InChI is InChI=1S/C32H40N2O5S/c1-31(2,3)39-30(38)33-26-15-11-6-4-5-7-12-20-40-32(21-27(29(36)37)34(22-32)28(26)35)25-18-16-24(17-19-25)23-13-9-8-10-14-23/h7-10,12-14,16-19,26-27H,4-6,11,15,20-22H2,1-3H3,(H,33,38)(H,36,37)/b12-7-/t26-,27-,32-/m0/s1. The van der Waals surface area contributed by atoms with Crippen LogP contribution in [-0.2, 0) is 19.1 Å². The van der Waals surface area contributed by atoms with Crippen LogP contribution in [0.2, 0.25) is 0 Å². The number of amides is 2. The van der Waals surface area contributed by atoms with Crippen LogP contribution in [0, 0.1) is 0 Å². The minimum absolute atomic E-state index is 0.249. The lowest BCUT2D eigenvalue weighted by molar-refractivity contribution is -0.149. The molecule has 0 radical (unpaired) electrons. The Morgan fingerprint density at radius 2 is 1.70 bits per heavy atom. The number of aliphatic carboxylic acids is 1. The third-order valence-corrected chi connectivity index (χ3v) is 8.83. The average Bonchev–Trinajstić information content (AvgIpc) is 3.31. The third-order valence-electron chi connectivity index (χ3n) is 7.39. The Kier molecular flexibility index (Phi) is 9.61. The molecule has 7 nitrogen and oxygen atoms in total. The lowest BCUT2D eigenvalue weighted by Crippen LogP contribution is -2.52. The lowest BCUT2D eigenvalue weighted by atomic mass is 9.93. The summed E-state index contributed by atoms with van der Waals surface area (Å²) in [5, 5.41) is 13.0. The number of hydrogen-bond donors (Lipinski definition) is 2. The minimum Gasteiger partial charge on any atom is -0.480 e. The van der Waals surface area contributed by atoms with Crippen molar-refractivity contribution in [2.75, 3.05) is 12.3 Å². The Morgan fingerprint density at radius 1 is 1.00 bits per heavy atom. The monoisotopic (exact) mass is 564 g/mol. The van der Waals surface area contributed by atoms with Gasteiger partial charge in [-0.1, -0.05) is 79.6 Å². The molecule has 3 atom stereocenters. The summed E-state index contributed by atoms with van der Waals surface area (Å²) in [5.74, 6) is -0.684. The van der Waals surface area contributed by atoms with E-state index in [1.54, 1.807) is 32.5 Å². The van der Waals surface area contributed by atoms with E-state index in [-0.39, 0.29) is 18.9 Å². The Labute approximate surface area is 241 Å². The highest BCUT2D eigenvalue weighted by Gasteiger charge is 2.51. The van der Waals surface area contributed by atoms with Gasteiger partial charge in [0.15, 0.2) is 0 Å². The van der Waals surface area contributed by atoms with E-state index < -0.39 is 34.5 Å². The van der Waals surface area contributed by atoms with Crippen molar-refractivity contribution in [1.82, 2.24) is 10.2 Å². The van der Waals surface area contributed by atoms with Crippen molar-refractivity contribution in [3.63, 3.8) is 0 Å². The van der Waals surface area contributed by atoms with E-state index in [1.807, 2.05) is 18.2 Å². The smallest absolute Gasteiger partial charge is 0.408 e. The summed E-state index contributed by atoms with van der Waals surface area (Å²) in [5.41, 5.74) is 2.47. The fraction of sp³-hybridized carbons (Fsp3) is 0.469. The molecular formula is C32H40N2O5S. The van der Waals surface area contributed by atoms with E-state index in [1.165, 1.54) is 4.90 Å². The SMILES string of the molecule is CC(C)(C)OC(=O)N[C@H]1CCCCC/C=C\CS[C@@]2(c3ccc(-c4ccccc4)cc3)C[C@@H](C(=O)O)N(C2)C1=O. The summed E-state index contributed by atoms with van der Waals surface area (Å²) in [4.78, 5) is 40.6. The number of ether oxygens (including phenoxy) is 1. The molecule has 2 heterocycles. The summed E-state index contributed by atoms with van der Waals surface area (Å²) >= 11 is 1.68. The number of rotatable bonds is 4. The van der Waals surface area contributed by atoms with Crippen molar-refractivity contribution in [3.05, 3.63) is 72.3 Å². The van der Waals surface area contributed by atoms with Crippen molar-refractivity contribution >= 4 is 29.7 Å². The van der Waals surface area contributed by atoms with E-state index in [9.17, 15) is 19.5 Å². The molecule has 2 aliphatic heterocycles. The van der Waals surface area contributed by atoms with E-state index in [0.717, 1.165) is 42.4 Å². The van der Waals surface area contributed by atoms with Gasteiger partial charge in [0.1, 0.15) is 17.7 Å². The number of nitrogens with one attached hydrogen (secondary N) is 1. The molecule has 2 aromatic carbocycles. The van der Waals surface area contributed by atoms with Crippen LogP contribution < -0.4 is 5.32 Å². The van der Waals surface area contributed by atoms with Crippen molar-refractivity contribution in [1.29, 1.82) is 0 Å². The molecule has 1 saturated heterocycles. The second-order valence-corrected chi connectivity index (χ2v) is 13.0. The molecule has 0 aromatic heterocycles. The molecule has 0 aliphatic carbocycles. The van der Waals surface area contributed by atoms with Crippen LogP contribution in [0.5, 0.6) is 0 Å². The maximum absolute atomic E-state index is 14.0. The highest BCUT2D eigenvalue weighted by molar-refractivity contribution is 8.00. The number of carbonyl (C=O) groups excluding carboxylic acids is 2. The number of thioether (sulfide) groups is 1. The summed E-state index contributed by atoms with van der Waals surface area (Å²) in [6.07, 6.45) is 7.98. The van der Waals surface area contributed by atoms with E-state index >= 15 is 0 Å². The van der Waals surface area contributed by atoms with Crippen molar-refractivity contribution in [2.45, 2.75) is 81.7 Å². The molecule has 40 heavy (non-hydrogen) atoms. The van der Waals surface area contributed by atoms with Gasteiger partial charge in [-0.05, 0) is 63.1 Å². The van der Waals surface area contributed by atoms with Crippen molar-refractivity contribution < 1.29 is 24.2 Å². The van der Waals surface area contributed by atoms with Crippen LogP contribution in [-0.4, -0.2) is 58.0 Å². The molecule has 2 aliphatic rings. The van der Waals surface area contributed by atoms with E-state index in [0.29, 0.717) is 12.2 Å². The number of nitrogens with zero attached hydrogens (tertiary/aromatic N) is 1. The Morgan fingerprint density at radius 3 is 2.38 bits per heavy atom. The average molecular weight is 565 g/mol. The number of benzene rings is 2. The molecule has 4 rings (SSSR count). The van der Waals surface area contributed by atoms with Crippen LogP contribution >= 0.6 is 11.8 Å². The third kappa shape index (κ3) is 7.47. The largest absolute Gasteiger partial charge is 0.480 e.